The van der Waals surface area contributed by atoms with Gasteiger partial charge in [0.1, 0.15) is 11.6 Å². The van der Waals surface area contributed by atoms with Crippen molar-refractivity contribution in [3.63, 3.8) is 0 Å². The molecule has 0 unspecified atom stereocenters. The molecule has 0 spiro atoms. The third kappa shape index (κ3) is 5.91. The number of aryl methyl sites for hydroxylation is 1. The maximum atomic E-state index is 13.4. The second-order valence-electron chi connectivity index (χ2n) is 8.66. The van der Waals surface area contributed by atoms with Crippen LogP contribution in [0.2, 0.25) is 0 Å². The highest BCUT2D eigenvalue weighted by molar-refractivity contribution is 6.06. The van der Waals surface area contributed by atoms with Gasteiger partial charge >= 0.3 is 0 Å². The van der Waals surface area contributed by atoms with Crippen LogP contribution in [0.4, 0.5) is 10.1 Å². The number of hydrogen-bond donors (Lipinski definition) is 2. The first-order chi connectivity index (χ1) is 16.8. The number of nitrogens with one attached hydrogen (secondary N) is 2. The Bertz CT molecular complexity index is 1340. The van der Waals surface area contributed by atoms with Crippen LogP contribution in [0.1, 0.15) is 21.7 Å². The zero-order chi connectivity index (χ0) is 24.9. The predicted molar refractivity (Wildman–Crippen MR) is 135 cm³/mol. The number of nitrogens with zero attached hydrogens (tertiary/aromatic N) is 3. The van der Waals surface area contributed by atoms with Gasteiger partial charge in [-0.05, 0) is 81.2 Å². The van der Waals surface area contributed by atoms with Gasteiger partial charge in [0.2, 0.25) is 5.91 Å². The van der Waals surface area contributed by atoms with Crippen LogP contribution < -0.4 is 10.6 Å². The molecule has 1 aromatic heterocycles. The summed E-state index contributed by atoms with van der Waals surface area (Å²) in [6.45, 7) is 3.25. The number of fused-ring (bicyclic) bond motifs is 1. The highest BCUT2D eigenvalue weighted by atomic mass is 19.1. The summed E-state index contributed by atoms with van der Waals surface area (Å²) in [5.74, 6) is 0.132. The van der Waals surface area contributed by atoms with Crippen LogP contribution in [0.25, 0.3) is 16.7 Å². The molecule has 7 nitrogen and oxygen atoms in total. The largest absolute Gasteiger partial charge is 0.355 e. The van der Waals surface area contributed by atoms with Crippen LogP contribution in [-0.2, 0) is 11.2 Å². The summed E-state index contributed by atoms with van der Waals surface area (Å²) < 4.78 is 15.3. The monoisotopic (exact) mass is 473 g/mol. The summed E-state index contributed by atoms with van der Waals surface area (Å²) in [5.41, 5.74) is 4.25. The Kier molecular flexibility index (Phi) is 7.22. The predicted octanol–water partition coefficient (Wildman–Crippen LogP) is 3.95. The number of anilines is 1. The van der Waals surface area contributed by atoms with Gasteiger partial charge in [-0.3, -0.25) is 14.2 Å². The fraction of sp³-hybridized carbons (Fsp3) is 0.222. The molecule has 2 N–H and O–H groups in total. The lowest BCUT2D eigenvalue weighted by Crippen LogP contribution is -2.32. The van der Waals surface area contributed by atoms with Crippen molar-refractivity contribution in [1.82, 2.24) is 19.8 Å². The first-order valence-corrected chi connectivity index (χ1v) is 11.4. The number of likely N-dealkylation sites (N-methyl/N-ethyl adjacent to an activating group) is 1. The van der Waals surface area contributed by atoms with E-state index in [-0.39, 0.29) is 24.1 Å². The van der Waals surface area contributed by atoms with E-state index < -0.39 is 0 Å². The molecular weight excluding hydrogens is 445 g/mol. The fourth-order valence-corrected chi connectivity index (χ4v) is 3.83. The number of aromatic nitrogens is 2. The average molecular weight is 474 g/mol. The van der Waals surface area contributed by atoms with Gasteiger partial charge in [0.05, 0.1) is 17.5 Å². The van der Waals surface area contributed by atoms with E-state index in [4.69, 9.17) is 0 Å². The summed E-state index contributed by atoms with van der Waals surface area (Å²) in [4.78, 5) is 31.6. The lowest BCUT2D eigenvalue weighted by molar-refractivity contribution is -0.120. The van der Waals surface area contributed by atoms with E-state index in [1.165, 1.54) is 12.1 Å². The zero-order valence-electron chi connectivity index (χ0n) is 20.0. The highest BCUT2D eigenvalue weighted by Gasteiger charge is 2.14. The zero-order valence-corrected chi connectivity index (χ0v) is 20.0. The molecule has 1 heterocycles. The standard InChI is InChI=1S/C27H28FN5O2/c1-18-30-24-13-6-20(17-25(24)33(18)23-11-7-21(28)8-12-23)27(35)31-22-9-4-19(5-10-22)16-26(34)29-14-15-32(2)3/h4-13,17H,14-16H2,1-3H3,(H,29,34)(H,31,35). The third-order valence-corrected chi connectivity index (χ3v) is 5.63. The van der Waals surface area contributed by atoms with Gasteiger partial charge in [0.15, 0.2) is 0 Å². The minimum Gasteiger partial charge on any atom is -0.355 e. The van der Waals surface area contributed by atoms with Gasteiger partial charge in [-0.15, -0.1) is 0 Å². The molecule has 2 amide bonds. The summed E-state index contributed by atoms with van der Waals surface area (Å²) in [6, 6.07) is 18.7. The quantitative estimate of drug-likeness (QED) is 0.406. The smallest absolute Gasteiger partial charge is 0.255 e. The van der Waals surface area contributed by atoms with Crippen LogP contribution in [0, 0.1) is 12.7 Å². The Labute approximate surface area is 203 Å². The molecule has 0 saturated carbocycles. The Morgan fingerprint density at radius 3 is 2.40 bits per heavy atom. The molecule has 0 aliphatic carbocycles. The van der Waals surface area contributed by atoms with Crippen molar-refractivity contribution >= 4 is 28.5 Å². The van der Waals surface area contributed by atoms with Gasteiger partial charge in [0, 0.05) is 30.0 Å². The van der Waals surface area contributed by atoms with Crippen LogP contribution in [0.15, 0.2) is 66.7 Å². The number of amides is 2. The van der Waals surface area contributed by atoms with Crippen LogP contribution in [0.5, 0.6) is 0 Å². The maximum absolute atomic E-state index is 13.4. The van der Waals surface area contributed by atoms with Crippen molar-refractivity contribution in [2.24, 2.45) is 0 Å². The van der Waals surface area contributed by atoms with Gasteiger partial charge in [-0.1, -0.05) is 12.1 Å². The summed E-state index contributed by atoms with van der Waals surface area (Å²) in [7, 11) is 3.91. The van der Waals surface area contributed by atoms with Crippen LogP contribution >= 0.6 is 0 Å². The normalized spacial score (nSPS) is 11.1. The molecule has 0 saturated heterocycles. The second kappa shape index (κ2) is 10.5. The molecule has 0 atom stereocenters. The third-order valence-electron chi connectivity index (χ3n) is 5.63. The number of rotatable bonds is 8. The lowest BCUT2D eigenvalue weighted by atomic mass is 10.1. The van der Waals surface area contributed by atoms with Crippen molar-refractivity contribution in [1.29, 1.82) is 0 Å². The number of carbonyl (C=O) groups excluding carboxylic acids is 2. The van der Waals surface area contributed by atoms with Gasteiger partial charge in [-0.25, -0.2) is 9.37 Å². The van der Waals surface area contributed by atoms with Gasteiger partial charge in [-0.2, -0.15) is 0 Å². The molecule has 0 bridgehead atoms. The van der Waals surface area contributed by atoms with Crippen molar-refractivity contribution in [2.75, 3.05) is 32.5 Å². The Hall–Kier alpha value is -4.04. The topological polar surface area (TPSA) is 79.3 Å². The van der Waals surface area contributed by atoms with E-state index in [0.29, 0.717) is 17.8 Å². The Morgan fingerprint density at radius 2 is 1.71 bits per heavy atom. The minimum absolute atomic E-state index is 0.0370. The molecule has 35 heavy (non-hydrogen) atoms. The summed E-state index contributed by atoms with van der Waals surface area (Å²) in [5, 5.41) is 5.79. The fourth-order valence-electron chi connectivity index (χ4n) is 3.83. The Balaban J connectivity index is 1.45. The highest BCUT2D eigenvalue weighted by Crippen LogP contribution is 2.23. The van der Waals surface area contributed by atoms with E-state index in [0.717, 1.165) is 34.7 Å². The van der Waals surface area contributed by atoms with E-state index >= 15 is 0 Å². The maximum Gasteiger partial charge on any atom is 0.255 e. The van der Waals surface area contributed by atoms with Crippen LogP contribution in [0.3, 0.4) is 0 Å². The molecule has 0 radical (unpaired) electrons. The molecule has 0 aliphatic rings. The summed E-state index contributed by atoms with van der Waals surface area (Å²) >= 11 is 0. The second-order valence-corrected chi connectivity index (χ2v) is 8.66. The van der Waals surface area contributed by atoms with E-state index in [2.05, 4.69) is 15.6 Å². The van der Waals surface area contributed by atoms with Crippen LogP contribution in [-0.4, -0.2) is 53.5 Å². The number of benzene rings is 3. The van der Waals surface area contributed by atoms with E-state index in [9.17, 15) is 14.0 Å². The van der Waals surface area contributed by atoms with Crippen molar-refractivity contribution in [3.8, 4) is 5.69 Å². The summed E-state index contributed by atoms with van der Waals surface area (Å²) in [6.07, 6.45) is 0.283. The number of halogens is 1. The average Bonchev–Trinajstić information content (AvgIpc) is 3.15. The first kappa shape index (κ1) is 24.1. The molecule has 0 aliphatic heterocycles. The van der Waals surface area contributed by atoms with Crippen molar-refractivity contribution < 1.29 is 14.0 Å². The SMILES string of the molecule is Cc1nc2ccc(C(=O)Nc3ccc(CC(=O)NCCN(C)C)cc3)cc2n1-c1ccc(F)cc1. The molecule has 4 aromatic rings. The minimum atomic E-state index is -0.313. The van der Waals surface area contributed by atoms with Gasteiger partial charge < -0.3 is 15.5 Å². The molecule has 0 fully saturated rings. The first-order valence-electron chi connectivity index (χ1n) is 11.4. The molecule has 8 heteroatoms. The van der Waals surface area contributed by atoms with Crippen molar-refractivity contribution in [3.05, 3.63) is 89.5 Å². The molecule has 180 valence electrons. The van der Waals surface area contributed by atoms with E-state index in [1.807, 2.05) is 42.6 Å². The van der Waals surface area contributed by atoms with E-state index in [1.54, 1.807) is 42.5 Å². The molecule has 4 rings (SSSR count). The van der Waals surface area contributed by atoms with Crippen molar-refractivity contribution in [2.45, 2.75) is 13.3 Å². The number of imidazole rings is 1. The van der Waals surface area contributed by atoms with Gasteiger partial charge in [0.25, 0.3) is 5.91 Å². The molecule has 3 aromatic carbocycles. The number of hydrogen-bond acceptors (Lipinski definition) is 4. The number of carbonyl (C=O) groups is 2. The molecular formula is C27H28FN5O2. The lowest BCUT2D eigenvalue weighted by Gasteiger charge is -2.11. The Morgan fingerprint density at radius 1 is 1.00 bits per heavy atom.